The van der Waals surface area contributed by atoms with Crippen molar-refractivity contribution in [3.8, 4) is 0 Å². The third-order valence-electron chi connectivity index (χ3n) is 11.4. The van der Waals surface area contributed by atoms with Crippen LogP contribution >= 0.6 is 0 Å². The van der Waals surface area contributed by atoms with Gasteiger partial charge in [0.25, 0.3) is 0 Å². The van der Waals surface area contributed by atoms with Crippen LogP contribution in [0.5, 0.6) is 0 Å². The summed E-state index contributed by atoms with van der Waals surface area (Å²) in [4.78, 5) is 0. The maximum absolute atomic E-state index is 11.0. The lowest BCUT2D eigenvalue weighted by molar-refractivity contribution is -0.152. The van der Waals surface area contributed by atoms with E-state index in [4.69, 9.17) is 0 Å². The van der Waals surface area contributed by atoms with E-state index in [1.54, 1.807) is 0 Å². The molecule has 5 rings (SSSR count). The van der Waals surface area contributed by atoms with Crippen LogP contribution in [-0.4, -0.2) is 21.9 Å². The van der Waals surface area contributed by atoms with E-state index in [1.165, 1.54) is 57.8 Å². The van der Waals surface area contributed by atoms with Gasteiger partial charge in [0.15, 0.2) is 0 Å². The molecule has 5 saturated carbocycles. The molecule has 5 aliphatic rings. The largest absolute Gasteiger partial charge is 0.393 e. The SMILES string of the molecule is CC[C@]1(O)CCC2(C)C(CCC3C4CCC(CC(O)C5CC5)C4(C)CCC32)C1. The number of hydrogen-bond donors (Lipinski definition) is 2. The van der Waals surface area contributed by atoms with Crippen molar-refractivity contribution in [2.45, 2.75) is 116 Å². The van der Waals surface area contributed by atoms with Crippen molar-refractivity contribution >= 4 is 0 Å². The highest BCUT2D eigenvalue weighted by molar-refractivity contribution is 5.10. The molecular weight excluding hydrogens is 344 g/mol. The van der Waals surface area contributed by atoms with E-state index in [9.17, 15) is 10.2 Å². The lowest BCUT2D eigenvalue weighted by Gasteiger charge is -2.62. The van der Waals surface area contributed by atoms with Gasteiger partial charge < -0.3 is 10.2 Å². The first kappa shape index (κ1) is 19.9. The van der Waals surface area contributed by atoms with Gasteiger partial charge in [-0.3, -0.25) is 0 Å². The van der Waals surface area contributed by atoms with Crippen LogP contribution in [-0.2, 0) is 0 Å². The first-order chi connectivity index (χ1) is 13.3. The Morgan fingerprint density at radius 3 is 2.32 bits per heavy atom. The Morgan fingerprint density at radius 1 is 0.857 bits per heavy atom. The molecule has 2 heteroatoms. The second-order valence-electron chi connectivity index (χ2n) is 12.4. The summed E-state index contributed by atoms with van der Waals surface area (Å²) < 4.78 is 0. The Bertz CT molecular complexity index is 599. The van der Waals surface area contributed by atoms with Gasteiger partial charge in [-0.15, -0.1) is 0 Å². The van der Waals surface area contributed by atoms with Crippen LogP contribution in [0.15, 0.2) is 0 Å². The molecule has 28 heavy (non-hydrogen) atoms. The molecule has 0 saturated heterocycles. The Kier molecular flexibility index (Phi) is 4.76. The predicted molar refractivity (Wildman–Crippen MR) is 114 cm³/mol. The standard InChI is InChI=1S/C26H44O2/c1-4-26(28)14-13-25(3)19(16-26)7-9-20-21-10-8-18(15-23(27)17-5-6-17)24(21,2)12-11-22(20)25/h17-23,27-28H,4-16H2,1-3H3/t18?,19?,20?,21?,22?,23?,24?,25?,26-/m0/s1. The second kappa shape index (κ2) is 6.71. The van der Waals surface area contributed by atoms with Crippen molar-refractivity contribution in [2.24, 2.45) is 46.3 Å². The van der Waals surface area contributed by atoms with E-state index >= 15 is 0 Å². The highest BCUT2D eigenvalue weighted by Gasteiger charge is 2.61. The van der Waals surface area contributed by atoms with Crippen LogP contribution in [0.2, 0.25) is 0 Å². The van der Waals surface area contributed by atoms with Gasteiger partial charge >= 0.3 is 0 Å². The van der Waals surface area contributed by atoms with E-state index in [1.807, 2.05) is 0 Å². The zero-order valence-electron chi connectivity index (χ0n) is 18.6. The van der Waals surface area contributed by atoms with Crippen molar-refractivity contribution in [2.75, 3.05) is 0 Å². The fraction of sp³-hybridized carbons (Fsp3) is 1.00. The molecule has 2 N–H and O–H groups in total. The third kappa shape index (κ3) is 2.95. The minimum atomic E-state index is -0.377. The summed E-state index contributed by atoms with van der Waals surface area (Å²) in [7, 11) is 0. The summed E-state index contributed by atoms with van der Waals surface area (Å²) in [6, 6.07) is 0. The fourth-order valence-corrected chi connectivity index (χ4v) is 9.10. The highest BCUT2D eigenvalue weighted by Crippen LogP contribution is 2.68. The zero-order valence-corrected chi connectivity index (χ0v) is 18.6. The topological polar surface area (TPSA) is 40.5 Å². The molecule has 5 fully saturated rings. The molecule has 0 amide bonds. The van der Waals surface area contributed by atoms with E-state index < -0.39 is 0 Å². The lowest BCUT2D eigenvalue weighted by atomic mass is 9.43. The number of hydrogen-bond acceptors (Lipinski definition) is 2. The van der Waals surface area contributed by atoms with Gasteiger partial charge in [0.2, 0.25) is 0 Å². The van der Waals surface area contributed by atoms with Crippen molar-refractivity contribution in [3.05, 3.63) is 0 Å². The molecule has 0 aromatic carbocycles. The van der Waals surface area contributed by atoms with Crippen LogP contribution in [0.3, 0.4) is 0 Å². The summed E-state index contributed by atoms with van der Waals surface area (Å²) in [5.41, 5.74) is 0.577. The maximum atomic E-state index is 11.0. The highest BCUT2D eigenvalue weighted by atomic mass is 16.3. The molecule has 0 radical (unpaired) electrons. The molecule has 0 aromatic rings. The lowest BCUT2D eigenvalue weighted by Crippen LogP contribution is -2.55. The normalized spacial score (nSPS) is 54.5. The molecule has 2 nitrogen and oxygen atoms in total. The molecule has 9 atom stereocenters. The van der Waals surface area contributed by atoms with E-state index in [2.05, 4.69) is 20.8 Å². The molecule has 0 aliphatic heterocycles. The van der Waals surface area contributed by atoms with Crippen molar-refractivity contribution < 1.29 is 10.2 Å². The minimum Gasteiger partial charge on any atom is -0.393 e. The monoisotopic (exact) mass is 388 g/mol. The third-order valence-corrected chi connectivity index (χ3v) is 11.4. The molecule has 0 bridgehead atoms. The van der Waals surface area contributed by atoms with Gasteiger partial charge in [-0.2, -0.15) is 0 Å². The smallest absolute Gasteiger partial charge is 0.0648 e. The average molecular weight is 389 g/mol. The molecule has 160 valence electrons. The maximum Gasteiger partial charge on any atom is 0.0648 e. The van der Waals surface area contributed by atoms with Crippen molar-refractivity contribution in [3.63, 3.8) is 0 Å². The first-order valence-electron chi connectivity index (χ1n) is 12.7. The van der Waals surface area contributed by atoms with Crippen molar-refractivity contribution in [1.29, 1.82) is 0 Å². The first-order valence-corrected chi connectivity index (χ1v) is 12.7. The Labute approximate surface area is 172 Å². The van der Waals surface area contributed by atoms with E-state index in [0.29, 0.717) is 16.7 Å². The van der Waals surface area contributed by atoms with Gasteiger partial charge in [-0.25, -0.2) is 0 Å². The Morgan fingerprint density at radius 2 is 1.61 bits per heavy atom. The van der Waals surface area contributed by atoms with Gasteiger partial charge in [0.1, 0.15) is 0 Å². The summed E-state index contributed by atoms with van der Waals surface area (Å²) in [6.07, 6.45) is 16.2. The Balaban J connectivity index is 1.33. The van der Waals surface area contributed by atoms with Gasteiger partial charge in [-0.1, -0.05) is 20.8 Å². The molecule has 0 aromatic heterocycles. The summed E-state index contributed by atoms with van der Waals surface area (Å²) in [6.45, 7) is 7.39. The number of rotatable bonds is 4. The molecule has 0 spiro atoms. The molecule has 0 heterocycles. The van der Waals surface area contributed by atoms with Crippen LogP contribution in [0, 0.1) is 46.3 Å². The average Bonchev–Trinajstić information content (AvgIpc) is 3.47. The van der Waals surface area contributed by atoms with Crippen LogP contribution in [0.1, 0.15) is 104 Å². The van der Waals surface area contributed by atoms with Gasteiger partial charge in [0, 0.05) is 0 Å². The molecule has 5 aliphatic carbocycles. The summed E-state index contributed by atoms with van der Waals surface area (Å²) in [5.74, 6) is 4.83. The number of aliphatic hydroxyl groups is 2. The Hall–Kier alpha value is -0.0800. The minimum absolute atomic E-state index is 0.0170. The van der Waals surface area contributed by atoms with E-state index in [0.717, 1.165) is 55.3 Å². The predicted octanol–water partition coefficient (Wildman–Crippen LogP) is 5.95. The van der Waals surface area contributed by atoms with Gasteiger partial charge in [0.05, 0.1) is 11.7 Å². The summed E-state index contributed by atoms with van der Waals surface area (Å²) >= 11 is 0. The number of aliphatic hydroxyl groups excluding tert-OH is 1. The fourth-order valence-electron chi connectivity index (χ4n) is 9.10. The quantitative estimate of drug-likeness (QED) is 0.625. The van der Waals surface area contributed by atoms with Gasteiger partial charge in [-0.05, 0) is 130 Å². The molecular formula is C26H44O2. The molecule has 8 unspecified atom stereocenters. The van der Waals surface area contributed by atoms with Crippen LogP contribution in [0.25, 0.3) is 0 Å². The zero-order chi connectivity index (χ0) is 19.7. The summed E-state index contributed by atoms with van der Waals surface area (Å²) in [5, 5.41) is 21.6. The second-order valence-corrected chi connectivity index (χ2v) is 12.4. The van der Waals surface area contributed by atoms with E-state index in [-0.39, 0.29) is 11.7 Å². The van der Waals surface area contributed by atoms with Crippen molar-refractivity contribution in [1.82, 2.24) is 0 Å². The number of fused-ring (bicyclic) bond motifs is 5. The van der Waals surface area contributed by atoms with Crippen LogP contribution in [0.4, 0.5) is 0 Å². The van der Waals surface area contributed by atoms with Crippen LogP contribution < -0.4 is 0 Å².